The standard InChI is InChI=1S/C17H13N3O3S2/c21-14(19-16-18-9-10-24-16)11-20-15(22)13(25-17(20)23)8-4-7-12-5-2-1-3-6-12/h1-10H,11H2,(H,18,19,21)/b7-4+,13-8-. The van der Waals surface area contributed by atoms with Crippen molar-refractivity contribution in [3.8, 4) is 0 Å². The van der Waals surface area contributed by atoms with Gasteiger partial charge in [-0.25, -0.2) is 4.98 Å². The second-order valence-corrected chi connectivity index (χ2v) is 6.83. The summed E-state index contributed by atoms with van der Waals surface area (Å²) < 4.78 is 0. The minimum Gasteiger partial charge on any atom is -0.300 e. The highest BCUT2D eigenvalue weighted by Gasteiger charge is 2.36. The Bertz CT molecular complexity index is 845. The molecule has 0 spiro atoms. The molecular formula is C17H13N3O3S2. The molecule has 8 heteroatoms. The van der Waals surface area contributed by atoms with Gasteiger partial charge in [-0.2, -0.15) is 0 Å². The Hall–Kier alpha value is -2.71. The van der Waals surface area contributed by atoms with Gasteiger partial charge in [-0.05, 0) is 23.4 Å². The minimum atomic E-state index is -0.470. The molecule has 2 aromatic rings. The number of nitrogens with one attached hydrogen (secondary N) is 1. The SMILES string of the molecule is O=C(CN1C(=O)S/C(=C\C=C\c2ccccc2)C1=O)Nc1nccs1. The van der Waals surface area contributed by atoms with Gasteiger partial charge in [-0.3, -0.25) is 19.3 Å². The summed E-state index contributed by atoms with van der Waals surface area (Å²) in [7, 11) is 0. The Kier molecular flexibility index (Phi) is 5.42. The summed E-state index contributed by atoms with van der Waals surface area (Å²) in [6.07, 6.45) is 6.68. The van der Waals surface area contributed by atoms with Crippen molar-refractivity contribution in [2.75, 3.05) is 11.9 Å². The van der Waals surface area contributed by atoms with E-state index < -0.39 is 17.1 Å². The Labute approximate surface area is 152 Å². The van der Waals surface area contributed by atoms with Crippen LogP contribution in [0.15, 0.2) is 59.0 Å². The van der Waals surface area contributed by atoms with E-state index in [1.165, 1.54) is 11.3 Å². The largest absolute Gasteiger partial charge is 0.300 e. The van der Waals surface area contributed by atoms with Gasteiger partial charge in [0.05, 0.1) is 4.91 Å². The summed E-state index contributed by atoms with van der Waals surface area (Å²) in [4.78, 5) is 41.3. The third-order valence-electron chi connectivity index (χ3n) is 3.19. The zero-order chi connectivity index (χ0) is 17.6. The number of rotatable bonds is 5. The van der Waals surface area contributed by atoms with Crippen LogP contribution in [0.25, 0.3) is 6.08 Å². The Morgan fingerprint density at radius 3 is 2.76 bits per heavy atom. The zero-order valence-electron chi connectivity index (χ0n) is 12.9. The summed E-state index contributed by atoms with van der Waals surface area (Å²) in [6.45, 7) is -0.329. The number of hydrogen-bond acceptors (Lipinski definition) is 6. The molecule has 1 fully saturated rings. The number of allylic oxidation sites excluding steroid dienone is 2. The molecule has 1 saturated heterocycles. The smallest absolute Gasteiger partial charge is 0.294 e. The van der Waals surface area contributed by atoms with Crippen LogP contribution in [0.2, 0.25) is 0 Å². The predicted molar refractivity (Wildman–Crippen MR) is 99.0 cm³/mol. The second kappa shape index (κ2) is 7.91. The minimum absolute atomic E-state index is 0.291. The maximum Gasteiger partial charge on any atom is 0.294 e. The van der Waals surface area contributed by atoms with Crippen molar-refractivity contribution in [3.63, 3.8) is 0 Å². The third-order valence-corrected chi connectivity index (χ3v) is 4.80. The van der Waals surface area contributed by atoms with Crippen molar-refractivity contribution < 1.29 is 14.4 Å². The zero-order valence-corrected chi connectivity index (χ0v) is 14.5. The predicted octanol–water partition coefficient (Wildman–Crippen LogP) is 3.37. The number of aromatic nitrogens is 1. The monoisotopic (exact) mass is 371 g/mol. The molecule has 3 amide bonds. The van der Waals surface area contributed by atoms with Gasteiger partial charge in [0.2, 0.25) is 5.91 Å². The molecular weight excluding hydrogens is 358 g/mol. The molecule has 1 aromatic heterocycles. The van der Waals surface area contributed by atoms with Crippen molar-refractivity contribution in [2.45, 2.75) is 0 Å². The van der Waals surface area contributed by atoms with Gasteiger partial charge < -0.3 is 5.32 Å². The number of carbonyl (C=O) groups excluding carboxylic acids is 3. The molecule has 0 radical (unpaired) electrons. The molecule has 1 aromatic carbocycles. The maximum atomic E-state index is 12.3. The molecule has 2 heterocycles. The van der Waals surface area contributed by atoms with E-state index >= 15 is 0 Å². The number of carbonyl (C=O) groups is 3. The fourth-order valence-electron chi connectivity index (χ4n) is 2.05. The van der Waals surface area contributed by atoms with Crippen LogP contribution in [-0.2, 0) is 9.59 Å². The van der Waals surface area contributed by atoms with Gasteiger partial charge in [-0.1, -0.05) is 42.5 Å². The third kappa shape index (κ3) is 4.43. The van der Waals surface area contributed by atoms with Crippen LogP contribution in [-0.4, -0.2) is 33.5 Å². The highest BCUT2D eigenvalue weighted by atomic mass is 32.2. The average molecular weight is 371 g/mol. The number of anilines is 1. The van der Waals surface area contributed by atoms with Gasteiger partial charge in [0.1, 0.15) is 6.54 Å². The van der Waals surface area contributed by atoms with Crippen molar-refractivity contribution in [1.82, 2.24) is 9.88 Å². The number of hydrogen-bond donors (Lipinski definition) is 1. The first-order valence-corrected chi connectivity index (χ1v) is 8.99. The van der Waals surface area contributed by atoms with Gasteiger partial charge in [0.15, 0.2) is 5.13 Å². The summed E-state index contributed by atoms with van der Waals surface area (Å²) in [5.41, 5.74) is 0.987. The number of amides is 3. The van der Waals surface area contributed by atoms with E-state index in [1.54, 1.807) is 23.7 Å². The number of thioether (sulfide) groups is 1. The van der Waals surface area contributed by atoms with Gasteiger partial charge >= 0.3 is 0 Å². The average Bonchev–Trinajstić information content (AvgIpc) is 3.20. The highest BCUT2D eigenvalue weighted by molar-refractivity contribution is 8.18. The lowest BCUT2D eigenvalue weighted by atomic mass is 10.2. The topological polar surface area (TPSA) is 79.4 Å². The highest BCUT2D eigenvalue weighted by Crippen LogP contribution is 2.30. The van der Waals surface area contributed by atoms with Crippen LogP contribution >= 0.6 is 23.1 Å². The number of thiazole rings is 1. The Balaban J connectivity index is 1.62. The quantitative estimate of drug-likeness (QED) is 0.815. The van der Waals surface area contributed by atoms with Crippen LogP contribution in [0.4, 0.5) is 9.93 Å². The van der Waals surface area contributed by atoms with Crippen molar-refractivity contribution in [2.24, 2.45) is 0 Å². The van der Waals surface area contributed by atoms with Crippen LogP contribution in [0.5, 0.6) is 0 Å². The van der Waals surface area contributed by atoms with E-state index in [9.17, 15) is 14.4 Å². The summed E-state index contributed by atoms with van der Waals surface area (Å²) in [5.74, 6) is -0.930. The van der Waals surface area contributed by atoms with E-state index in [0.29, 0.717) is 10.0 Å². The second-order valence-electron chi connectivity index (χ2n) is 4.95. The molecule has 1 N–H and O–H groups in total. The van der Waals surface area contributed by atoms with Crippen molar-refractivity contribution >= 4 is 51.4 Å². The molecule has 6 nitrogen and oxygen atoms in total. The molecule has 0 atom stereocenters. The van der Waals surface area contributed by atoms with Crippen molar-refractivity contribution in [3.05, 3.63) is 64.5 Å². The van der Waals surface area contributed by atoms with Crippen LogP contribution in [0.3, 0.4) is 0 Å². The van der Waals surface area contributed by atoms with Gasteiger partial charge in [-0.15, -0.1) is 11.3 Å². The summed E-state index contributed by atoms with van der Waals surface area (Å²) in [6, 6.07) is 9.60. The van der Waals surface area contributed by atoms with Crippen LogP contribution in [0.1, 0.15) is 5.56 Å². The fraction of sp³-hybridized carbons (Fsp3) is 0.0588. The molecule has 1 aliphatic rings. The molecule has 3 rings (SSSR count). The molecule has 1 aliphatic heterocycles. The normalized spacial score (nSPS) is 16.2. The van der Waals surface area contributed by atoms with Crippen LogP contribution < -0.4 is 5.32 Å². The van der Waals surface area contributed by atoms with E-state index in [4.69, 9.17) is 0 Å². The lowest BCUT2D eigenvalue weighted by Crippen LogP contribution is -2.36. The number of benzene rings is 1. The molecule has 0 aliphatic carbocycles. The molecule has 25 heavy (non-hydrogen) atoms. The Morgan fingerprint density at radius 1 is 1.24 bits per heavy atom. The van der Waals surface area contributed by atoms with E-state index in [0.717, 1.165) is 22.2 Å². The molecule has 126 valence electrons. The summed E-state index contributed by atoms with van der Waals surface area (Å²) in [5, 5.41) is 4.24. The maximum absolute atomic E-state index is 12.3. The molecule has 0 bridgehead atoms. The van der Waals surface area contributed by atoms with Gasteiger partial charge in [0.25, 0.3) is 11.1 Å². The lowest BCUT2D eigenvalue weighted by Gasteiger charge is -2.11. The number of imide groups is 1. The lowest BCUT2D eigenvalue weighted by molar-refractivity contribution is -0.127. The van der Waals surface area contributed by atoms with Gasteiger partial charge in [0, 0.05) is 11.6 Å². The number of nitrogens with zero attached hydrogens (tertiary/aromatic N) is 2. The fourth-order valence-corrected chi connectivity index (χ4v) is 3.38. The van der Waals surface area contributed by atoms with E-state index in [2.05, 4.69) is 10.3 Å². The van der Waals surface area contributed by atoms with Crippen molar-refractivity contribution in [1.29, 1.82) is 0 Å². The first-order chi connectivity index (χ1) is 12.1. The molecule has 0 saturated carbocycles. The Morgan fingerprint density at radius 2 is 2.04 bits per heavy atom. The van der Waals surface area contributed by atoms with Crippen LogP contribution in [0, 0.1) is 0 Å². The summed E-state index contributed by atoms with van der Waals surface area (Å²) >= 11 is 2.08. The molecule has 0 unspecified atom stereocenters. The first-order valence-electron chi connectivity index (χ1n) is 7.30. The van der Waals surface area contributed by atoms with E-state index in [-0.39, 0.29) is 6.54 Å². The van der Waals surface area contributed by atoms with E-state index in [1.807, 2.05) is 36.4 Å². The first kappa shape index (κ1) is 17.1.